The number of carbonyl (C=O) groups excluding carboxylic acids is 1. The van der Waals surface area contributed by atoms with E-state index in [0.29, 0.717) is 0 Å². The summed E-state index contributed by atoms with van der Waals surface area (Å²) in [6.45, 7) is 7.66. The van der Waals surface area contributed by atoms with Crippen LogP contribution in [0.5, 0.6) is 0 Å². The van der Waals surface area contributed by atoms with E-state index >= 15 is 0 Å². The number of nitrogens with one attached hydrogen (secondary N) is 1. The number of piperidine rings is 1. The van der Waals surface area contributed by atoms with Crippen molar-refractivity contribution in [3.8, 4) is 11.8 Å². The van der Waals surface area contributed by atoms with Gasteiger partial charge in [-0.05, 0) is 44.7 Å². The van der Waals surface area contributed by atoms with Crippen LogP contribution >= 0.6 is 0 Å². The van der Waals surface area contributed by atoms with Crippen molar-refractivity contribution >= 4 is 5.91 Å². The van der Waals surface area contributed by atoms with Crippen LogP contribution in [-0.2, 0) is 4.79 Å². The molecule has 1 aliphatic rings. The van der Waals surface area contributed by atoms with Crippen LogP contribution in [0.25, 0.3) is 0 Å². The molecule has 1 aliphatic heterocycles. The monoisotopic (exact) mass is 208 g/mol. The molecule has 3 heteroatoms. The molecule has 1 heterocycles. The fourth-order valence-electron chi connectivity index (χ4n) is 1.87. The van der Waals surface area contributed by atoms with E-state index in [2.05, 4.69) is 24.1 Å². The zero-order valence-electron chi connectivity index (χ0n) is 9.68. The quantitative estimate of drug-likeness (QED) is 0.698. The Morgan fingerprint density at radius 3 is 2.67 bits per heavy atom. The molecule has 0 aromatic carbocycles. The summed E-state index contributed by atoms with van der Waals surface area (Å²) in [6.07, 6.45) is 2.20. The Labute approximate surface area is 92.2 Å². The summed E-state index contributed by atoms with van der Waals surface area (Å²) in [7, 11) is 0. The molecule has 1 N–H and O–H groups in total. The van der Waals surface area contributed by atoms with Gasteiger partial charge in [0.15, 0.2) is 0 Å². The standard InChI is InChI=1S/C12H20N2O/c1-3-5-12(15)14-8-6-11(7-9-14)10-13-4-2/h11,13H,4,6-10H2,1-2H3. The Morgan fingerprint density at radius 1 is 1.47 bits per heavy atom. The Hall–Kier alpha value is -1.01. The third-order valence-electron chi connectivity index (χ3n) is 2.82. The number of hydrogen-bond donors (Lipinski definition) is 1. The molecule has 0 aromatic heterocycles. The van der Waals surface area contributed by atoms with Gasteiger partial charge in [-0.3, -0.25) is 4.79 Å². The summed E-state index contributed by atoms with van der Waals surface area (Å²) in [5, 5.41) is 3.36. The lowest BCUT2D eigenvalue weighted by molar-refractivity contribution is -0.126. The lowest BCUT2D eigenvalue weighted by Gasteiger charge is -2.30. The molecule has 0 spiro atoms. The molecule has 0 atom stereocenters. The number of likely N-dealkylation sites (tertiary alicyclic amines) is 1. The summed E-state index contributed by atoms with van der Waals surface area (Å²) in [6, 6.07) is 0. The largest absolute Gasteiger partial charge is 0.332 e. The van der Waals surface area contributed by atoms with Crippen LogP contribution in [0.4, 0.5) is 0 Å². The van der Waals surface area contributed by atoms with Gasteiger partial charge in [-0.2, -0.15) is 0 Å². The van der Waals surface area contributed by atoms with Crippen LogP contribution in [0.2, 0.25) is 0 Å². The van der Waals surface area contributed by atoms with Crippen molar-refractivity contribution in [2.75, 3.05) is 26.2 Å². The van der Waals surface area contributed by atoms with Gasteiger partial charge in [0, 0.05) is 13.1 Å². The number of hydrogen-bond acceptors (Lipinski definition) is 2. The van der Waals surface area contributed by atoms with Crippen molar-refractivity contribution in [1.82, 2.24) is 10.2 Å². The van der Waals surface area contributed by atoms with E-state index in [-0.39, 0.29) is 5.91 Å². The van der Waals surface area contributed by atoms with Crippen LogP contribution in [0.3, 0.4) is 0 Å². The van der Waals surface area contributed by atoms with E-state index < -0.39 is 0 Å². The number of rotatable bonds is 3. The van der Waals surface area contributed by atoms with Crippen LogP contribution in [0, 0.1) is 17.8 Å². The smallest absolute Gasteiger partial charge is 0.298 e. The first-order valence-electron chi connectivity index (χ1n) is 5.70. The fraction of sp³-hybridized carbons (Fsp3) is 0.750. The van der Waals surface area contributed by atoms with E-state index in [1.165, 1.54) is 0 Å². The van der Waals surface area contributed by atoms with Gasteiger partial charge in [-0.25, -0.2) is 0 Å². The van der Waals surface area contributed by atoms with Gasteiger partial charge in [0.05, 0.1) is 0 Å². The molecule has 0 aromatic rings. The number of carbonyl (C=O) groups is 1. The Kier molecular flexibility index (Phi) is 5.20. The maximum Gasteiger partial charge on any atom is 0.298 e. The molecule has 1 saturated heterocycles. The molecule has 0 radical (unpaired) electrons. The van der Waals surface area contributed by atoms with Crippen LogP contribution < -0.4 is 5.32 Å². The highest BCUT2D eigenvalue weighted by atomic mass is 16.2. The van der Waals surface area contributed by atoms with E-state index in [1.54, 1.807) is 6.92 Å². The molecule has 1 rings (SSSR count). The van der Waals surface area contributed by atoms with Crippen molar-refractivity contribution in [2.45, 2.75) is 26.7 Å². The third kappa shape index (κ3) is 3.93. The molecule has 0 unspecified atom stereocenters. The molecule has 84 valence electrons. The van der Waals surface area contributed by atoms with Gasteiger partial charge < -0.3 is 10.2 Å². The maximum atomic E-state index is 11.5. The average Bonchev–Trinajstić information content (AvgIpc) is 2.27. The second-order valence-corrected chi connectivity index (χ2v) is 3.92. The number of nitrogens with zero attached hydrogens (tertiary/aromatic N) is 1. The lowest BCUT2D eigenvalue weighted by atomic mass is 9.97. The molecule has 3 nitrogen and oxygen atoms in total. The predicted octanol–water partition coefficient (Wildman–Crippen LogP) is 0.858. The van der Waals surface area contributed by atoms with Gasteiger partial charge in [-0.1, -0.05) is 12.8 Å². The van der Waals surface area contributed by atoms with Crippen molar-refractivity contribution in [3.05, 3.63) is 0 Å². The SMILES string of the molecule is CC#CC(=O)N1CCC(CNCC)CC1. The van der Waals surface area contributed by atoms with Crippen LogP contribution in [0.1, 0.15) is 26.7 Å². The topological polar surface area (TPSA) is 32.3 Å². The molecular weight excluding hydrogens is 188 g/mol. The van der Waals surface area contributed by atoms with Gasteiger partial charge >= 0.3 is 0 Å². The first-order valence-corrected chi connectivity index (χ1v) is 5.70. The maximum absolute atomic E-state index is 11.5. The normalized spacial score (nSPS) is 17.1. The highest BCUT2D eigenvalue weighted by Crippen LogP contribution is 2.16. The van der Waals surface area contributed by atoms with Gasteiger partial charge in [0.25, 0.3) is 5.91 Å². The summed E-state index contributed by atoms with van der Waals surface area (Å²) in [5.74, 6) is 5.96. The molecule has 15 heavy (non-hydrogen) atoms. The third-order valence-corrected chi connectivity index (χ3v) is 2.82. The zero-order chi connectivity index (χ0) is 11.1. The second-order valence-electron chi connectivity index (χ2n) is 3.92. The van der Waals surface area contributed by atoms with Crippen molar-refractivity contribution in [2.24, 2.45) is 5.92 Å². The van der Waals surface area contributed by atoms with E-state index in [1.807, 2.05) is 4.90 Å². The van der Waals surface area contributed by atoms with E-state index in [4.69, 9.17) is 0 Å². The van der Waals surface area contributed by atoms with E-state index in [9.17, 15) is 4.79 Å². The Morgan fingerprint density at radius 2 is 2.13 bits per heavy atom. The number of amides is 1. The fourth-order valence-corrected chi connectivity index (χ4v) is 1.87. The summed E-state index contributed by atoms with van der Waals surface area (Å²) >= 11 is 0. The molecule has 1 amide bonds. The first-order chi connectivity index (χ1) is 7.27. The molecule has 0 aliphatic carbocycles. The predicted molar refractivity (Wildman–Crippen MR) is 61.3 cm³/mol. The van der Waals surface area contributed by atoms with Crippen LogP contribution in [0.15, 0.2) is 0 Å². The summed E-state index contributed by atoms with van der Waals surface area (Å²) in [5.41, 5.74) is 0. The van der Waals surface area contributed by atoms with Crippen molar-refractivity contribution in [1.29, 1.82) is 0 Å². The molecule has 1 fully saturated rings. The minimum absolute atomic E-state index is 0.0144. The van der Waals surface area contributed by atoms with Gasteiger partial charge in [-0.15, -0.1) is 0 Å². The Bertz CT molecular complexity index is 257. The van der Waals surface area contributed by atoms with Crippen molar-refractivity contribution in [3.63, 3.8) is 0 Å². The minimum Gasteiger partial charge on any atom is -0.332 e. The zero-order valence-corrected chi connectivity index (χ0v) is 9.68. The van der Waals surface area contributed by atoms with E-state index in [0.717, 1.165) is 44.9 Å². The lowest BCUT2D eigenvalue weighted by Crippen LogP contribution is -2.40. The van der Waals surface area contributed by atoms with Crippen molar-refractivity contribution < 1.29 is 4.79 Å². The summed E-state index contributed by atoms with van der Waals surface area (Å²) in [4.78, 5) is 13.3. The second kappa shape index (κ2) is 6.47. The minimum atomic E-state index is -0.0144. The van der Waals surface area contributed by atoms with Gasteiger partial charge in [0.1, 0.15) is 0 Å². The first kappa shape index (κ1) is 12.1. The summed E-state index contributed by atoms with van der Waals surface area (Å²) < 4.78 is 0. The molecule has 0 bridgehead atoms. The Balaban J connectivity index is 2.28. The highest BCUT2D eigenvalue weighted by molar-refractivity contribution is 5.93. The molecular formula is C12H20N2O. The highest BCUT2D eigenvalue weighted by Gasteiger charge is 2.21. The molecule has 0 saturated carbocycles. The van der Waals surface area contributed by atoms with Crippen LogP contribution in [-0.4, -0.2) is 37.0 Å². The van der Waals surface area contributed by atoms with Gasteiger partial charge in [0.2, 0.25) is 0 Å². The average molecular weight is 208 g/mol.